The summed E-state index contributed by atoms with van der Waals surface area (Å²) >= 11 is 3.36. The summed E-state index contributed by atoms with van der Waals surface area (Å²) < 4.78 is 16.5. The molecule has 0 aromatic heterocycles. The van der Waals surface area contributed by atoms with Gasteiger partial charge in [-0.3, -0.25) is 4.79 Å². The molecule has 25 heavy (non-hydrogen) atoms. The average Bonchev–Trinajstić information content (AvgIpc) is 2.59. The third-order valence-corrected chi connectivity index (χ3v) is 4.67. The lowest BCUT2D eigenvalue weighted by molar-refractivity contribution is -0.136. The number of rotatable bonds is 6. The first-order valence-corrected chi connectivity index (χ1v) is 9.20. The van der Waals surface area contributed by atoms with E-state index in [2.05, 4.69) is 22.9 Å². The van der Waals surface area contributed by atoms with E-state index in [1.807, 2.05) is 6.92 Å². The van der Waals surface area contributed by atoms with Crippen molar-refractivity contribution in [1.82, 2.24) is 4.90 Å². The fraction of sp³-hybridized carbons (Fsp3) is 0.556. The van der Waals surface area contributed by atoms with E-state index in [9.17, 15) is 9.59 Å². The maximum atomic E-state index is 12.3. The van der Waals surface area contributed by atoms with Crippen molar-refractivity contribution in [3.05, 3.63) is 22.2 Å². The predicted molar refractivity (Wildman–Crippen MR) is 97.1 cm³/mol. The van der Waals surface area contributed by atoms with Gasteiger partial charge in [0.1, 0.15) is 0 Å². The largest absolute Gasteiger partial charge is 0.492 e. The van der Waals surface area contributed by atoms with Crippen molar-refractivity contribution in [2.75, 3.05) is 33.4 Å². The molecule has 138 valence electrons. The number of carbonyl (C=O) groups is 2. The fourth-order valence-corrected chi connectivity index (χ4v) is 3.47. The molecule has 0 unspecified atom stereocenters. The summed E-state index contributed by atoms with van der Waals surface area (Å²) in [6, 6.07) is 3.15. The molecule has 6 nitrogen and oxygen atoms in total. The quantitative estimate of drug-likeness (QED) is 0.669. The van der Waals surface area contributed by atoms with Gasteiger partial charge in [-0.15, -0.1) is 0 Å². The van der Waals surface area contributed by atoms with Crippen molar-refractivity contribution >= 4 is 27.8 Å². The van der Waals surface area contributed by atoms with Gasteiger partial charge in [0.05, 0.1) is 23.8 Å². The number of amides is 1. The number of esters is 1. The van der Waals surface area contributed by atoms with Crippen molar-refractivity contribution < 1.29 is 23.8 Å². The molecule has 1 atom stereocenters. The zero-order valence-corrected chi connectivity index (χ0v) is 16.4. The summed E-state index contributed by atoms with van der Waals surface area (Å²) in [4.78, 5) is 26.3. The lowest BCUT2D eigenvalue weighted by atomic mass is 10.0. The van der Waals surface area contributed by atoms with Crippen LogP contribution in [-0.4, -0.2) is 50.2 Å². The van der Waals surface area contributed by atoms with E-state index in [0.29, 0.717) is 34.1 Å². The first-order chi connectivity index (χ1) is 12.0. The molecule has 1 heterocycles. The number of nitrogens with zero attached hydrogens (tertiary/aromatic N) is 1. The number of hydrogen-bond acceptors (Lipinski definition) is 5. The normalized spacial score (nSPS) is 17.1. The second kappa shape index (κ2) is 9.08. The predicted octanol–water partition coefficient (Wildman–Crippen LogP) is 3.27. The third-order valence-electron chi connectivity index (χ3n) is 4.09. The molecule has 1 amide bonds. The minimum Gasteiger partial charge on any atom is -0.492 e. The number of ether oxygens (including phenoxy) is 3. The lowest BCUT2D eigenvalue weighted by Crippen LogP contribution is -2.41. The van der Waals surface area contributed by atoms with Gasteiger partial charge >= 0.3 is 5.97 Å². The molecule has 0 radical (unpaired) electrons. The lowest BCUT2D eigenvalue weighted by Gasteiger charge is -2.30. The third kappa shape index (κ3) is 5.11. The summed E-state index contributed by atoms with van der Waals surface area (Å²) in [5, 5.41) is 0. The molecular weight excluding hydrogens is 390 g/mol. The van der Waals surface area contributed by atoms with Crippen molar-refractivity contribution in [3.8, 4) is 11.5 Å². The highest BCUT2D eigenvalue weighted by Gasteiger charge is 2.23. The Balaban J connectivity index is 2.01. The van der Waals surface area contributed by atoms with Crippen LogP contribution in [0.15, 0.2) is 16.6 Å². The van der Waals surface area contributed by atoms with Crippen LogP contribution in [0.4, 0.5) is 0 Å². The van der Waals surface area contributed by atoms with E-state index in [1.54, 1.807) is 17.0 Å². The Morgan fingerprint density at radius 2 is 2.12 bits per heavy atom. The zero-order chi connectivity index (χ0) is 18.4. The molecule has 7 heteroatoms. The minimum atomic E-state index is -0.567. The molecule has 0 saturated carbocycles. The van der Waals surface area contributed by atoms with E-state index >= 15 is 0 Å². The Morgan fingerprint density at radius 1 is 1.36 bits per heavy atom. The van der Waals surface area contributed by atoms with Crippen LogP contribution >= 0.6 is 15.9 Å². The highest BCUT2D eigenvalue weighted by atomic mass is 79.9. The Bertz CT molecular complexity index is 634. The first-order valence-electron chi connectivity index (χ1n) is 8.41. The van der Waals surface area contributed by atoms with Gasteiger partial charge in [-0.05, 0) is 53.7 Å². The second-order valence-corrected chi connectivity index (χ2v) is 6.94. The van der Waals surface area contributed by atoms with Crippen LogP contribution in [0.5, 0.6) is 11.5 Å². The maximum Gasteiger partial charge on any atom is 0.338 e. The SMILES string of the molecule is CCOc1cc(C(=O)OCC(=O)N2CCC[C@@H](C)C2)cc(Br)c1OC. The monoisotopic (exact) mass is 413 g/mol. The van der Waals surface area contributed by atoms with Crippen LogP contribution in [0, 0.1) is 5.92 Å². The van der Waals surface area contributed by atoms with E-state index in [4.69, 9.17) is 14.2 Å². The smallest absolute Gasteiger partial charge is 0.338 e. The Morgan fingerprint density at radius 3 is 2.76 bits per heavy atom. The van der Waals surface area contributed by atoms with E-state index < -0.39 is 5.97 Å². The molecule has 1 saturated heterocycles. The summed E-state index contributed by atoms with van der Waals surface area (Å²) in [7, 11) is 1.53. The summed E-state index contributed by atoms with van der Waals surface area (Å²) in [5.74, 6) is 0.721. The minimum absolute atomic E-state index is 0.155. The van der Waals surface area contributed by atoms with Crippen LogP contribution < -0.4 is 9.47 Å². The summed E-state index contributed by atoms with van der Waals surface area (Å²) in [6.45, 7) is 5.60. The molecule has 1 aliphatic rings. The average molecular weight is 414 g/mol. The van der Waals surface area contributed by atoms with Gasteiger partial charge in [0.2, 0.25) is 0 Å². The number of carbonyl (C=O) groups excluding carboxylic acids is 2. The van der Waals surface area contributed by atoms with Gasteiger partial charge in [0.15, 0.2) is 18.1 Å². The van der Waals surface area contributed by atoms with Gasteiger partial charge < -0.3 is 19.1 Å². The van der Waals surface area contributed by atoms with Crippen molar-refractivity contribution in [2.45, 2.75) is 26.7 Å². The summed E-state index contributed by atoms with van der Waals surface area (Å²) in [6.07, 6.45) is 2.12. The molecule has 1 aromatic carbocycles. The van der Waals surface area contributed by atoms with Gasteiger partial charge in [0, 0.05) is 13.1 Å². The molecule has 2 rings (SSSR count). The Labute approximate surface area is 156 Å². The molecule has 1 aromatic rings. The van der Waals surface area contributed by atoms with Crippen molar-refractivity contribution in [2.24, 2.45) is 5.92 Å². The van der Waals surface area contributed by atoms with Crippen LogP contribution in [-0.2, 0) is 9.53 Å². The number of piperidine rings is 1. The number of likely N-dealkylation sites (tertiary alicyclic amines) is 1. The molecule has 0 spiro atoms. The summed E-state index contributed by atoms with van der Waals surface area (Å²) in [5.41, 5.74) is 0.302. The highest BCUT2D eigenvalue weighted by molar-refractivity contribution is 9.10. The van der Waals surface area contributed by atoms with Crippen LogP contribution in [0.3, 0.4) is 0 Å². The van der Waals surface area contributed by atoms with E-state index in [-0.39, 0.29) is 12.5 Å². The van der Waals surface area contributed by atoms with Gasteiger partial charge in [-0.2, -0.15) is 0 Å². The standard InChI is InChI=1S/C18H24BrNO5/c1-4-24-15-9-13(8-14(19)17(15)23-3)18(22)25-11-16(21)20-7-5-6-12(2)10-20/h8-9,12H,4-7,10-11H2,1-3H3/t12-/m1/s1. The second-order valence-electron chi connectivity index (χ2n) is 6.09. The van der Waals surface area contributed by atoms with Gasteiger partial charge in [-0.25, -0.2) is 4.79 Å². The fourth-order valence-electron chi connectivity index (χ4n) is 2.86. The highest BCUT2D eigenvalue weighted by Crippen LogP contribution is 2.36. The number of hydrogen-bond donors (Lipinski definition) is 0. The number of benzene rings is 1. The molecule has 0 aliphatic carbocycles. The van der Waals surface area contributed by atoms with Crippen LogP contribution in [0.1, 0.15) is 37.0 Å². The van der Waals surface area contributed by atoms with Gasteiger partial charge in [-0.1, -0.05) is 6.92 Å². The topological polar surface area (TPSA) is 65.1 Å². The van der Waals surface area contributed by atoms with Gasteiger partial charge in [0.25, 0.3) is 5.91 Å². The Kier molecular flexibility index (Phi) is 7.11. The molecule has 0 N–H and O–H groups in total. The Hall–Kier alpha value is -1.76. The van der Waals surface area contributed by atoms with Crippen LogP contribution in [0.25, 0.3) is 0 Å². The molecule has 0 bridgehead atoms. The van der Waals surface area contributed by atoms with Crippen molar-refractivity contribution in [1.29, 1.82) is 0 Å². The van der Waals surface area contributed by atoms with Crippen molar-refractivity contribution in [3.63, 3.8) is 0 Å². The molecular formula is C18H24BrNO5. The van der Waals surface area contributed by atoms with E-state index in [0.717, 1.165) is 25.9 Å². The first kappa shape index (κ1) is 19.6. The zero-order valence-electron chi connectivity index (χ0n) is 14.8. The molecule has 1 aliphatic heterocycles. The van der Waals surface area contributed by atoms with E-state index in [1.165, 1.54) is 7.11 Å². The molecule has 1 fully saturated rings. The number of halogens is 1. The maximum absolute atomic E-state index is 12.3. The number of methoxy groups -OCH3 is 1. The van der Waals surface area contributed by atoms with Crippen LogP contribution in [0.2, 0.25) is 0 Å².